The van der Waals surface area contributed by atoms with Crippen LogP contribution in [-0.2, 0) is 11.2 Å². The minimum Gasteiger partial charge on any atom is -0.457 e. The van der Waals surface area contributed by atoms with Gasteiger partial charge in [0.2, 0.25) is 5.91 Å². The third-order valence-electron chi connectivity index (χ3n) is 5.47. The van der Waals surface area contributed by atoms with Gasteiger partial charge in [0.05, 0.1) is 5.69 Å². The van der Waals surface area contributed by atoms with E-state index in [2.05, 4.69) is 9.97 Å². The highest BCUT2D eigenvalue weighted by molar-refractivity contribution is 5.98. The number of ketones is 1. The number of benzene rings is 2. The molecule has 1 aromatic heterocycles. The number of aromatic nitrogens is 2. The number of aryl methyl sites for hydroxylation is 1. The monoisotopic (exact) mass is 415 g/mol. The van der Waals surface area contributed by atoms with Crippen LogP contribution in [0, 0.1) is 5.92 Å². The number of hydrogen-bond donors (Lipinski definition) is 0. The Hall–Kier alpha value is -3.54. The molecule has 3 aromatic rings. The van der Waals surface area contributed by atoms with E-state index in [1.807, 2.05) is 47.4 Å². The van der Waals surface area contributed by atoms with Crippen LogP contribution in [0.15, 0.2) is 73.2 Å². The molecule has 0 aliphatic carbocycles. The van der Waals surface area contributed by atoms with E-state index in [1.54, 1.807) is 30.7 Å². The van der Waals surface area contributed by atoms with Gasteiger partial charge < -0.3 is 9.64 Å². The summed E-state index contributed by atoms with van der Waals surface area (Å²) in [6.45, 7) is 1.17. The van der Waals surface area contributed by atoms with E-state index < -0.39 is 0 Å². The Kier molecular flexibility index (Phi) is 6.67. The Labute approximate surface area is 181 Å². The van der Waals surface area contributed by atoms with Crippen molar-refractivity contribution in [2.24, 2.45) is 5.92 Å². The first kappa shape index (κ1) is 20.7. The van der Waals surface area contributed by atoms with Gasteiger partial charge in [0.1, 0.15) is 11.5 Å². The SMILES string of the molecule is O=C(c1ccc(Oc2ccccc2)cc1)[C@@H]1CCCN(C(=O)CCc2cnccn2)C1. The molecule has 158 valence electrons. The second-order valence-corrected chi connectivity index (χ2v) is 7.68. The van der Waals surface area contributed by atoms with E-state index in [-0.39, 0.29) is 17.6 Å². The molecule has 1 atom stereocenters. The van der Waals surface area contributed by atoms with Crippen molar-refractivity contribution in [1.29, 1.82) is 0 Å². The highest BCUT2D eigenvalue weighted by Gasteiger charge is 2.28. The van der Waals surface area contributed by atoms with Crippen molar-refractivity contribution in [1.82, 2.24) is 14.9 Å². The first-order chi connectivity index (χ1) is 15.2. The smallest absolute Gasteiger partial charge is 0.222 e. The van der Waals surface area contributed by atoms with E-state index in [4.69, 9.17) is 4.74 Å². The second-order valence-electron chi connectivity index (χ2n) is 7.68. The van der Waals surface area contributed by atoms with Gasteiger partial charge in [-0.05, 0) is 55.7 Å². The summed E-state index contributed by atoms with van der Waals surface area (Å²) in [6.07, 6.45) is 7.51. The van der Waals surface area contributed by atoms with Crippen molar-refractivity contribution in [2.45, 2.75) is 25.7 Å². The maximum absolute atomic E-state index is 13.0. The number of piperidine rings is 1. The predicted molar refractivity (Wildman–Crippen MR) is 117 cm³/mol. The Bertz CT molecular complexity index is 1010. The predicted octanol–water partition coefficient (Wildman–Crippen LogP) is 4.32. The molecular formula is C25H25N3O3. The molecule has 6 nitrogen and oxygen atoms in total. The topological polar surface area (TPSA) is 72.4 Å². The van der Waals surface area contributed by atoms with Gasteiger partial charge in [0, 0.05) is 49.6 Å². The Morgan fingerprint density at radius 1 is 1.00 bits per heavy atom. The fourth-order valence-corrected chi connectivity index (χ4v) is 3.82. The van der Waals surface area contributed by atoms with Gasteiger partial charge in [0.15, 0.2) is 5.78 Å². The van der Waals surface area contributed by atoms with Gasteiger partial charge >= 0.3 is 0 Å². The number of Topliss-reactive ketones (excluding diaryl/α,β-unsaturated/α-hetero) is 1. The van der Waals surface area contributed by atoms with E-state index in [1.165, 1.54) is 0 Å². The number of carbonyl (C=O) groups excluding carboxylic acids is 2. The normalized spacial score (nSPS) is 16.0. The Morgan fingerprint density at radius 2 is 1.77 bits per heavy atom. The van der Waals surface area contributed by atoms with Crippen LogP contribution in [0.1, 0.15) is 35.3 Å². The molecule has 1 aliphatic heterocycles. The molecule has 31 heavy (non-hydrogen) atoms. The molecule has 0 N–H and O–H groups in total. The molecule has 6 heteroatoms. The lowest BCUT2D eigenvalue weighted by Crippen LogP contribution is -2.42. The number of nitrogens with zero attached hydrogens (tertiary/aromatic N) is 3. The van der Waals surface area contributed by atoms with Crippen molar-refractivity contribution < 1.29 is 14.3 Å². The maximum atomic E-state index is 13.0. The summed E-state index contributed by atoms with van der Waals surface area (Å²) < 4.78 is 5.80. The highest BCUT2D eigenvalue weighted by atomic mass is 16.5. The molecule has 0 radical (unpaired) electrons. The summed E-state index contributed by atoms with van der Waals surface area (Å²) in [5.41, 5.74) is 1.46. The molecule has 1 aliphatic rings. The molecule has 0 spiro atoms. The lowest BCUT2D eigenvalue weighted by Gasteiger charge is -2.32. The lowest BCUT2D eigenvalue weighted by atomic mass is 9.89. The van der Waals surface area contributed by atoms with Gasteiger partial charge in [-0.2, -0.15) is 0 Å². The van der Waals surface area contributed by atoms with E-state index >= 15 is 0 Å². The third-order valence-corrected chi connectivity index (χ3v) is 5.47. The van der Waals surface area contributed by atoms with Gasteiger partial charge in [-0.15, -0.1) is 0 Å². The van der Waals surface area contributed by atoms with Crippen LogP contribution in [0.4, 0.5) is 0 Å². The van der Waals surface area contributed by atoms with Crippen molar-refractivity contribution >= 4 is 11.7 Å². The summed E-state index contributed by atoms with van der Waals surface area (Å²) in [4.78, 5) is 35.7. The molecule has 1 fully saturated rings. The molecule has 2 heterocycles. The summed E-state index contributed by atoms with van der Waals surface area (Å²) >= 11 is 0. The van der Waals surface area contributed by atoms with Crippen LogP contribution in [0.2, 0.25) is 0 Å². The van der Waals surface area contributed by atoms with E-state index in [0.717, 1.165) is 24.3 Å². The minimum atomic E-state index is -0.171. The maximum Gasteiger partial charge on any atom is 0.222 e. The molecule has 1 saturated heterocycles. The summed E-state index contributed by atoms with van der Waals surface area (Å²) in [7, 11) is 0. The van der Waals surface area contributed by atoms with Crippen molar-refractivity contribution in [3.63, 3.8) is 0 Å². The zero-order valence-electron chi connectivity index (χ0n) is 17.3. The Morgan fingerprint density at radius 3 is 2.52 bits per heavy atom. The van der Waals surface area contributed by atoms with E-state index in [0.29, 0.717) is 37.2 Å². The van der Waals surface area contributed by atoms with Crippen molar-refractivity contribution in [2.75, 3.05) is 13.1 Å². The zero-order valence-corrected chi connectivity index (χ0v) is 17.3. The molecular weight excluding hydrogens is 390 g/mol. The summed E-state index contributed by atoms with van der Waals surface area (Å²) in [5.74, 6) is 1.42. The van der Waals surface area contributed by atoms with Crippen LogP contribution >= 0.6 is 0 Å². The standard InChI is InChI=1S/C25H25N3O3/c29-24(13-10-21-17-26-14-15-27-21)28-16-4-5-20(18-28)25(30)19-8-11-23(12-9-19)31-22-6-2-1-3-7-22/h1-3,6-9,11-12,14-15,17,20H,4-5,10,13,16,18H2/t20-/m1/s1. The molecule has 4 rings (SSSR count). The van der Waals surface area contributed by atoms with Gasteiger partial charge in [-0.3, -0.25) is 19.6 Å². The lowest BCUT2D eigenvalue weighted by molar-refractivity contribution is -0.132. The average Bonchev–Trinajstić information content (AvgIpc) is 2.84. The molecule has 0 bridgehead atoms. The van der Waals surface area contributed by atoms with Crippen LogP contribution in [0.25, 0.3) is 0 Å². The third kappa shape index (κ3) is 5.54. The van der Waals surface area contributed by atoms with Gasteiger partial charge in [-0.25, -0.2) is 0 Å². The van der Waals surface area contributed by atoms with Crippen LogP contribution < -0.4 is 4.74 Å². The number of para-hydroxylation sites is 1. The number of ether oxygens (including phenoxy) is 1. The van der Waals surface area contributed by atoms with Crippen LogP contribution in [0.3, 0.4) is 0 Å². The summed E-state index contributed by atoms with van der Waals surface area (Å²) in [6, 6.07) is 16.8. The van der Waals surface area contributed by atoms with Crippen LogP contribution in [-0.4, -0.2) is 39.6 Å². The van der Waals surface area contributed by atoms with Gasteiger partial charge in [-0.1, -0.05) is 18.2 Å². The largest absolute Gasteiger partial charge is 0.457 e. The van der Waals surface area contributed by atoms with Crippen molar-refractivity contribution in [3.8, 4) is 11.5 Å². The fourth-order valence-electron chi connectivity index (χ4n) is 3.82. The molecule has 2 aromatic carbocycles. The van der Waals surface area contributed by atoms with Gasteiger partial charge in [0.25, 0.3) is 0 Å². The second kappa shape index (κ2) is 9.98. The first-order valence-corrected chi connectivity index (χ1v) is 10.6. The Balaban J connectivity index is 1.33. The number of rotatable bonds is 7. The molecule has 0 unspecified atom stereocenters. The van der Waals surface area contributed by atoms with E-state index in [9.17, 15) is 9.59 Å². The zero-order chi connectivity index (χ0) is 21.5. The van der Waals surface area contributed by atoms with Crippen LogP contribution in [0.5, 0.6) is 11.5 Å². The highest BCUT2D eigenvalue weighted by Crippen LogP contribution is 2.25. The van der Waals surface area contributed by atoms with Crippen molar-refractivity contribution in [3.05, 3.63) is 84.4 Å². The number of carbonyl (C=O) groups is 2. The molecule has 1 amide bonds. The number of amides is 1. The first-order valence-electron chi connectivity index (χ1n) is 10.6. The fraction of sp³-hybridized carbons (Fsp3) is 0.280. The minimum absolute atomic E-state index is 0.0646. The average molecular weight is 415 g/mol. The quantitative estimate of drug-likeness (QED) is 0.537. The number of likely N-dealkylation sites (tertiary alicyclic amines) is 1. The summed E-state index contributed by atoms with van der Waals surface area (Å²) in [5, 5.41) is 0. The number of hydrogen-bond acceptors (Lipinski definition) is 5. The molecule has 0 saturated carbocycles.